The standard InChI is InChI=1S/C11H5BrCl4N2O/c12-4-1-6(14)9(3-5(4)13)19-11-8(16)2-7(15)10(17)18-11/h1-3H,(H2,17,18). The predicted molar refractivity (Wildman–Crippen MR) is 82.9 cm³/mol. The lowest BCUT2D eigenvalue weighted by Gasteiger charge is -2.10. The highest BCUT2D eigenvalue weighted by molar-refractivity contribution is 9.10. The molecule has 1 aromatic carbocycles. The molecule has 0 unspecified atom stereocenters. The van der Waals surface area contributed by atoms with Crippen molar-refractivity contribution in [1.29, 1.82) is 0 Å². The van der Waals surface area contributed by atoms with E-state index < -0.39 is 0 Å². The van der Waals surface area contributed by atoms with Gasteiger partial charge in [-0.2, -0.15) is 4.98 Å². The highest BCUT2D eigenvalue weighted by atomic mass is 79.9. The molecule has 2 rings (SSSR count). The Bertz CT molecular complexity index is 596. The van der Waals surface area contributed by atoms with Gasteiger partial charge in [0.15, 0.2) is 0 Å². The number of anilines is 1. The summed E-state index contributed by atoms with van der Waals surface area (Å²) in [4.78, 5) is 3.94. The van der Waals surface area contributed by atoms with Crippen LogP contribution >= 0.6 is 62.3 Å². The Morgan fingerprint density at radius 3 is 2.32 bits per heavy atom. The van der Waals surface area contributed by atoms with Crippen LogP contribution in [0.25, 0.3) is 0 Å². The fourth-order valence-corrected chi connectivity index (χ4v) is 2.45. The minimum atomic E-state index is 0.101. The average Bonchev–Trinajstić information content (AvgIpc) is 2.32. The summed E-state index contributed by atoms with van der Waals surface area (Å²) in [7, 11) is 0. The maximum atomic E-state index is 6.03. The van der Waals surface area contributed by atoms with E-state index >= 15 is 0 Å². The Labute approximate surface area is 137 Å². The minimum Gasteiger partial charge on any atom is -0.436 e. The molecule has 100 valence electrons. The number of hydrogen-bond acceptors (Lipinski definition) is 3. The third-order valence-corrected chi connectivity index (χ3v) is 4.17. The van der Waals surface area contributed by atoms with Gasteiger partial charge >= 0.3 is 0 Å². The third-order valence-electron chi connectivity index (χ3n) is 2.11. The van der Waals surface area contributed by atoms with Gasteiger partial charge in [-0.15, -0.1) is 0 Å². The molecule has 8 heteroatoms. The van der Waals surface area contributed by atoms with Gasteiger partial charge in [-0.05, 0) is 28.1 Å². The second-order valence-corrected chi connectivity index (χ2v) is 5.92. The van der Waals surface area contributed by atoms with Crippen LogP contribution in [0.2, 0.25) is 20.1 Å². The van der Waals surface area contributed by atoms with Crippen LogP contribution in [-0.2, 0) is 0 Å². The molecular formula is C11H5BrCl4N2O. The molecule has 0 saturated heterocycles. The quantitative estimate of drug-likeness (QED) is 0.642. The molecule has 0 aliphatic carbocycles. The van der Waals surface area contributed by atoms with Crippen molar-refractivity contribution in [1.82, 2.24) is 4.98 Å². The lowest BCUT2D eigenvalue weighted by atomic mass is 10.3. The maximum absolute atomic E-state index is 6.03. The lowest BCUT2D eigenvalue weighted by Crippen LogP contribution is -1.96. The van der Waals surface area contributed by atoms with Crippen LogP contribution in [0.1, 0.15) is 0 Å². The average molecular weight is 403 g/mol. The normalized spacial score (nSPS) is 10.6. The van der Waals surface area contributed by atoms with Gasteiger partial charge in [-0.3, -0.25) is 0 Å². The van der Waals surface area contributed by atoms with Crippen molar-refractivity contribution in [3.05, 3.63) is 42.8 Å². The zero-order valence-electron chi connectivity index (χ0n) is 9.05. The van der Waals surface area contributed by atoms with Crippen LogP contribution in [0.4, 0.5) is 5.82 Å². The summed E-state index contributed by atoms with van der Waals surface area (Å²) in [5.41, 5.74) is 5.59. The molecule has 0 saturated carbocycles. The Kier molecular flexibility index (Phi) is 4.69. The van der Waals surface area contributed by atoms with Crippen molar-refractivity contribution in [2.45, 2.75) is 0 Å². The van der Waals surface area contributed by atoms with Crippen LogP contribution in [-0.4, -0.2) is 4.98 Å². The van der Waals surface area contributed by atoms with Crippen LogP contribution < -0.4 is 10.5 Å². The summed E-state index contributed by atoms with van der Waals surface area (Å²) in [6.45, 7) is 0. The molecule has 0 aliphatic rings. The first-order valence-electron chi connectivity index (χ1n) is 4.82. The first-order chi connectivity index (χ1) is 8.88. The van der Waals surface area contributed by atoms with Crippen molar-refractivity contribution >= 4 is 68.2 Å². The Balaban J connectivity index is 2.42. The largest absolute Gasteiger partial charge is 0.436 e. The number of ether oxygens (including phenoxy) is 1. The summed E-state index contributed by atoms with van der Waals surface area (Å²) in [5, 5.41) is 1.26. The zero-order valence-corrected chi connectivity index (χ0v) is 13.7. The number of pyridine rings is 1. The molecule has 19 heavy (non-hydrogen) atoms. The van der Waals surface area contributed by atoms with E-state index in [-0.39, 0.29) is 21.7 Å². The molecule has 1 heterocycles. The summed E-state index contributed by atoms with van der Waals surface area (Å²) in [5.74, 6) is 0.523. The van der Waals surface area contributed by atoms with Crippen molar-refractivity contribution in [2.75, 3.05) is 5.73 Å². The van der Waals surface area contributed by atoms with E-state index in [1.165, 1.54) is 12.1 Å². The molecule has 1 aromatic heterocycles. The number of rotatable bonds is 2. The first kappa shape index (κ1) is 15.0. The van der Waals surface area contributed by atoms with E-state index in [1.807, 2.05) is 0 Å². The molecule has 2 aromatic rings. The molecule has 0 spiro atoms. The van der Waals surface area contributed by atoms with E-state index in [0.717, 1.165) is 0 Å². The number of benzene rings is 1. The predicted octanol–water partition coefficient (Wildman–Crippen LogP) is 5.83. The van der Waals surface area contributed by atoms with E-state index in [2.05, 4.69) is 20.9 Å². The van der Waals surface area contributed by atoms with Crippen LogP contribution in [0.3, 0.4) is 0 Å². The lowest BCUT2D eigenvalue weighted by molar-refractivity contribution is 0.464. The topological polar surface area (TPSA) is 48.1 Å². The first-order valence-corrected chi connectivity index (χ1v) is 7.13. The van der Waals surface area contributed by atoms with Gasteiger partial charge in [0, 0.05) is 10.5 Å². The number of nitrogens with two attached hydrogens (primary N) is 1. The van der Waals surface area contributed by atoms with Crippen molar-refractivity contribution in [2.24, 2.45) is 0 Å². The highest BCUT2D eigenvalue weighted by Gasteiger charge is 2.13. The third kappa shape index (κ3) is 3.38. The van der Waals surface area contributed by atoms with Gasteiger partial charge in [0.1, 0.15) is 16.6 Å². The van der Waals surface area contributed by atoms with Gasteiger partial charge in [0.05, 0.1) is 15.1 Å². The Morgan fingerprint density at radius 1 is 0.947 bits per heavy atom. The van der Waals surface area contributed by atoms with Crippen LogP contribution in [0.5, 0.6) is 11.6 Å². The van der Waals surface area contributed by atoms with Gasteiger partial charge in [-0.25, -0.2) is 0 Å². The van der Waals surface area contributed by atoms with E-state index in [0.29, 0.717) is 20.3 Å². The Morgan fingerprint density at radius 2 is 1.63 bits per heavy atom. The number of aromatic nitrogens is 1. The molecule has 0 radical (unpaired) electrons. The maximum Gasteiger partial charge on any atom is 0.240 e. The van der Waals surface area contributed by atoms with Gasteiger partial charge in [-0.1, -0.05) is 46.4 Å². The zero-order chi connectivity index (χ0) is 14.2. The Hall–Kier alpha value is -0.390. The SMILES string of the molecule is Nc1nc(Oc2cc(Cl)c(Br)cc2Cl)c(Cl)cc1Cl. The number of nitrogens with zero attached hydrogens (tertiary/aromatic N) is 1. The van der Waals surface area contributed by atoms with Crippen LogP contribution in [0, 0.1) is 0 Å². The summed E-state index contributed by atoms with van der Waals surface area (Å²) < 4.78 is 6.15. The molecular weight excluding hydrogens is 398 g/mol. The van der Waals surface area contributed by atoms with E-state index in [1.54, 1.807) is 6.07 Å². The molecule has 0 aliphatic heterocycles. The van der Waals surface area contributed by atoms with Crippen LogP contribution in [0.15, 0.2) is 22.7 Å². The highest BCUT2D eigenvalue weighted by Crippen LogP contribution is 2.38. The molecule has 2 N–H and O–H groups in total. The summed E-state index contributed by atoms with van der Waals surface area (Å²) >= 11 is 27.0. The summed E-state index contributed by atoms with van der Waals surface area (Å²) in [6.07, 6.45) is 0. The fourth-order valence-electron chi connectivity index (χ4n) is 1.22. The van der Waals surface area contributed by atoms with Gasteiger partial charge in [0.25, 0.3) is 0 Å². The second kappa shape index (κ2) is 5.94. The smallest absolute Gasteiger partial charge is 0.240 e. The molecule has 3 nitrogen and oxygen atoms in total. The number of hydrogen-bond donors (Lipinski definition) is 1. The van der Waals surface area contributed by atoms with Gasteiger partial charge < -0.3 is 10.5 Å². The molecule has 0 fully saturated rings. The molecule has 0 amide bonds. The molecule has 0 bridgehead atoms. The monoisotopic (exact) mass is 400 g/mol. The minimum absolute atomic E-state index is 0.101. The number of halogens is 5. The van der Waals surface area contributed by atoms with Gasteiger partial charge in [0.2, 0.25) is 5.88 Å². The van der Waals surface area contributed by atoms with E-state index in [9.17, 15) is 0 Å². The molecule has 0 atom stereocenters. The second-order valence-electron chi connectivity index (χ2n) is 3.44. The fraction of sp³-hybridized carbons (Fsp3) is 0. The van der Waals surface area contributed by atoms with Crippen molar-refractivity contribution in [3.63, 3.8) is 0 Å². The van der Waals surface area contributed by atoms with E-state index in [4.69, 9.17) is 56.9 Å². The number of nitrogen functional groups attached to an aromatic ring is 1. The summed E-state index contributed by atoms with van der Waals surface area (Å²) in [6, 6.07) is 4.58. The van der Waals surface area contributed by atoms with Crippen molar-refractivity contribution < 1.29 is 4.74 Å². The van der Waals surface area contributed by atoms with Crippen molar-refractivity contribution in [3.8, 4) is 11.6 Å².